The van der Waals surface area contributed by atoms with Crippen LogP contribution in [0.25, 0.3) is 0 Å². The number of esters is 1. The summed E-state index contributed by atoms with van der Waals surface area (Å²) >= 11 is 0. The van der Waals surface area contributed by atoms with Crippen LogP contribution in [0, 0.1) is 5.82 Å². The van der Waals surface area contributed by atoms with Gasteiger partial charge in [-0.05, 0) is 42.5 Å². The lowest BCUT2D eigenvalue weighted by molar-refractivity contribution is 0.0469. The van der Waals surface area contributed by atoms with E-state index >= 15 is 0 Å². The summed E-state index contributed by atoms with van der Waals surface area (Å²) in [5, 5.41) is 0. The molecule has 0 fully saturated rings. The van der Waals surface area contributed by atoms with E-state index in [0.717, 1.165) is 4.31 Å². The van der Waals surface area contributed by atoms with Gasteiger partial charge in [-0.15, -0.1) is 0 Å². The highest BCUT2D eigenvalue weighted by molar-refractivity contribution is 7.89. The van der Waals surface area contributed by atoms with E-state index in [9.17, 15) is 17.6 Å². The van der Waals surface area contributed by atoms with Crippen LogP contribution in [0.1, 0.15) is 15.9 Å². The Hall–Kier alpha value is -2.45. The van der Waals surface area contributed by atoms with E-state index in [1.165, 1.54) is 63.7 Å². The Morgan fingerprint density at radius 1 is 1.12 bits per heavy atom. The number of hydrogen-bond donors (Lipinski definition) is 0. The lowest BCUT2D eigenvalue weighted by Crippen LogP contribution is -2.22. The van der Waals surface area contributed by atoms with E-state index in [-0.39, 0.29) is 17.1 Å². The second-order valence-corrected chi connectivity index (χ2v) is 7.50. The van der Waals surface area contributed by atoms with Crippen LogP contribution in [0.5, 0.6) is 5.75 Å². The monoisotopic (exact) mass is 367 g/mol. The van der Waals surface area contributed by atoms with Crippen molar-refractivity contribution in [2.24, 2.45) is 0 Å². The molecule has 0 aliphatic carbocycles. The number of rotatable bonds is 6. The summed E-state index contributed by atoms with van der Waals surface area (Å²) in [6.45, 7) is -0.169. The number of carbonyl (C=O) groups excluding carboxylic acids is 1. The van der Waals surface area contributed by atoms with Crippen molar-refractivity contribution < 1.29 is 27.1 Å². The zero-order chi connectivity index (χ0) is 18.6. The first-order valence-electron chi connectivity index (χ1n) is 7.28. The quantitative estimate of drug-likeness (QED) is 0.734. The number of sulfonamides is 1. The summed E-state index contributed by atoms with van der Waals surface area (Å²) < 4.78 is 48.6. The topological polar surface area (TPSA) is 72.9 Å². The van der Waals surface area contributed by atoms with Crippen LogP contribution in [-0.4, -0.2) is 39.9 Å². The third-order valence-corrected chi connectivity index (χ3v) is 5.30. The van der Waals surface area contributed by atoms with Crippen LogP contribution in [-0.2, 0) is 21.4 Å². The number of halogens is 1. The molecule has 0 atom stereocenters. The van der Waals surface area contributed by atoms with Crippen molar-refractivity contribution in [3.05, 3.63) is 59.4 Å². The van der Waals surface area contributed by atoms with Gasteiger partial charge in [-0.25, -0.2) is 21.9 Å². The summed E-state index contributed by atoms with van der Waals surface area (Å²) in [7, 11) is 0.709. The number of carbonyl (C=O) groups is 1. The molecule has 0 radical (unpaired) electrons. The van der Waals surface area contributed by atoms with E-state index in [1.807, 2.05) is 0 Å². The van der Waals surface area contributed by atoms with Crippen LogP contribution >= 0.6 is 0 Å². The summed E-state index contributed by atoms with van der Waals surface area (Å²) in [4.78, 5) is 12.2. The first-order valence-corrected chi connectivity index (χ1v) is 8.72. The maximum Gasteiger partial charge on any atom is 0.338 e. The fourth-order valence-corrected chi connectivity index (χ4v) is 2.96. The van der Waals surface area contributed by atoms with Crippen molar-refractivity contribution in [3.63, 3.8) is 0 Å². The van der Waals surface area contributed by atoms with Crippen molar-refractivity contribution in [2.45, 2.75) is 11.5 Å². The van der Waals surface area contributed by atoms with Gasteiger partial charge in [-0.3, -0.25) is 0 Å². The minimum atomic E-state index is -3.57. The van der Waals surface area contributed by atoms with Gasteiger partial charge in [0.2, 0.25) is 10.0 Å². The Balaban J connectivity index is 2.11. The highest BCUT2D eigenvalue weighted by Gasteiger charge is 2.18. The Morgan fingerprint density at radius 2 is 1.76 bits per heavy atom. The average molecular weight is 367 g/mol. The molecule has 0 heterocycles. The molecule has 0 saturated carbocycles. The Morgan fingerprint density at radius 3 is 2.32 bits per heavy atom. The molecule has 2 rings (SSSR count). The molecule has 0 N–H and O–H groups in total. The van der Waals surface area contributed by atoms with E-state index in [4.69, 9.17) is 9.47 Å². The van der Waals surface area contributed by atoms with E-state index in [1.54, 1.807) is 0 Å². The predicted octanol–water partition coefficient (Wildman–Crippen LogP) is 2.44. The molecular weight excluding hydrogens is 349 g/mol. The van der Waals surface area contributed by atoms with Crippen LogP contribution in [0.15, 0.2) is 47.4 Å². The van der Waals surface area contributed by atoms with Gasteiger partial charge < -0.3 is 9.47 Å². The smallest absolute Gasteiger partial charge is 0.338 e. The molecule has 0 aliphatic heterocycles. The molecule has 134 valence electrons. The Labute approximate surface area is 145 Å². The van der Waals surface area contributed by atoms with E-state index in [2.05, 4.69) is 0 Å². The number of methoxy groups -OCH3 is 1. The largest absolute Gasteiger partial charge is 0.496 e. The maximum atomic E-state index is 13.3. The molecule has 0 spiro atoms. The normalized spacial score (nSPS) is 11.4. The second kappa shape index (κ2) is 7.62. The fraction of sp³-hybridized carbons (Fsp3) is 0.235. The Bertz CT molecular complexity index is 863. The molecule has 25 heavy (non-hydrogen) atoms. The van der Waals surface area contributed by atoms with Gasteiger partial charge in [0.15, 0.2) is 0 Å². The van der Waals surface area contributed by atoms with Crippen LogP contribution in [0.3, 0.4) is 0 Å². The maximum absolute atomic E-state index is 13.3. The third kappa shape index (κ3) is 4.34. The lowest BCUT2D eigenvalue weighted by Gasteiger charge is -2.12. The van der Waals surface area contributed by atoms with Crippen molar-refractivity contribution >= 4 is 16.0 Å². The van der Waals surface area contributed by atoms with Crippen LogP contribution < -0.4 is 4.74 Å². The van der Waals surface area contributed by atoms with Crippen molar-refractivity contribution in [1.82, 2.24) is 4.31 Å². The van der Waals surface area contributed by atoms with Gasteiger partial charge >= 0.3 is 5.97 Å². The van der Waals surface area contributed by atoms with Gasteiger partial charge in [0.1, 0.15) is 18.2 Å². The summed E-state index contributed by atoms with van der Waals surface area (Å²) in [6, 6.07) is 9.29. The van der Waals surface area contributed by atoms with Crippen molar-refractivity contribution in [3.8, 4) is 5.75 Å². The molecule has 0 aliphatic rings. The van der Waals surface area contributed by atoms with Gasteiger partial charge in [0.05, 0.1) is 17.6 Å². The highest BCUT2D eigenvalue weighted by atomic mass is 32.2. The van der Waals surface area contributed by atoms with Gasteiger partial charge in [-0.2, -0.15) is 0 Å². The van der Waals surface area contributed by atoms with Gasteiger partial charge in [0.25, 0.3) is 0 Å². The van der Waals surface area contributed by atoms with Gasteiger partial charge in [0, 0.05) is 19.7 Å². The van der Waals surface area contributed by atoms with E-state index < -0.39 is 21.8 Å². The molecular formula is C17H18FNO5S. The van der Waals surface area contributed by atoms with Crippen molar-refractivity contribution in [1.29, 1.82) is 0 Å². The molecule has 0 aromatic heterocycles. The van der Waals surface area contributed by atoms with Crippen LogP contribution in [0.4, 0.5) is 4.39 Å². The number of ether oxygens (including phenoxy) is 2. The Kier molecular flexibility index (Phi) is 5.76. The zero-order valence-electron chi connectivity index (χ0n) is 14.0. The summed E-state index contributed by atoms with van der Waals surface area (Å²) in [6.07, 6.45) is 0. The number of benzene rings is 2. The summed E-state index contributed by atoms with van der Waals surface area (Å²) in [5.41, 5.74) is 0.579. The van der Waals surface area contributed by atoms with Gasteiger partial charge in [-0.1, -0.05) is 0 Å². The minimum Gasteiger partial charge on any atom is -0.496 e. The molecule has 6 nitrogen and oxygen atoms in total. The first kappa shape index (κ1) is 18.9. The fourth-order valence-electron chi connectivity index (χ4n) is 2.06. The molecule has 0 saturated heterocycles. The minimum absolute atomic E-state index is 0.0702. The third-order valence-electron chi connectivity index (χ3n) is 3.47. The molecule has 0 amide bonds. The van der Waals surface area contributed by atoms with Crippen molar-refractivity contribution in [2.75, 3.05) is 21.2 Å². The molecule has 2 aromatic carbocycles. The molecule has 0 bridgehead atoms. The molecule has 8 heteroatoms. The molecule has 2 aromatic rings. The van der Waals surface area contributed by atoms with E-state index in [0.29, 0.717) is 11.3 Å². The standard InChI is InChI=1S/C17H18FNO5S/c1-19(2)25(21,22)15-7-4-12(5-8-15)17(20)24-11-13-10-14(18)6-9-16(13)23-3/h4-10H,11H2,1-3H3. The first-order chi connectivity index (χ1) is 11.8. The molecule has 0 unspecified atom stereocenters. The zero-order valence-corrected chi connectivity index (χ0v) is 14.8. The second-order valence-electron chi connectivity index (χ2n) is 5.34. The average Bonchev–Trinajstić information content (AvgIpc) is 2.59. The predicted molar refractivity (Wildman–Crippen MR) is 89.4 cm³/mol. The number of hydrogen-bond acceptors (Lipinski definition) is 5. The van der Waals surface area contributed by atoms with Crippen LogP contribution in [0.2, 0.25) is 0 Å². The SMILES string of the molecule is COc1ccc(F)cc1COC(=O)c1ccc(S(=O)(=O)N(C)C)cc1. The summed E-state index contributed by atoms with van der Waals surface area (Å²) in [5.74, 6) is -0.716. The highest BCUT2D eigenvalue weighted by Crippen LogP contribution is 2.21. The number of nitrogens with zero attached hydrogens (tertiary/aromatic N) is 1. The lowest BCUT2D eigenvalue weighted by atomic mass is 10.2.